The number of aliphatic carboxylic acids is 1. The Bertz CT molecular complexity index is 1270. The summed E-state index contributed by atoms with van der Waals surface area (Å²) in [6.07, 6.45) is -1.23. The maximum absolute atomic E-state index is 13.6. The summed E-state index contributed by atoms with van der Waals surface area (Å²) in [6.45, 7) is 3.95. The van der Waals surface area contributed by atoms with E-state index in [9.17, 15) is 23.1 Å². The number of anilines is 2. The molecule has 3 aromatic carbocycles. The molecule has 0 amide bonds. The topological polar surface area (TPSA) is 64.0 Å². The van der Waals surface area contributed by atoms with Gasteiger partial charge >= 0.3 is 12.1 Å². The zero-order valence-electron chi connectivity index (χ0n) is 19.8. The molecule has 0 fully saturated rings. The fourth-order valence-electron chi connectivity index (χ4n) is 4.45. The number of hydrogen-bond donors (Lipinski definition) is 2. The van der Waals surface area contributed by atoms with Gasteiger partial charge in [-0.1, -0.05) is 30.3 Å². The predicted octanol–water partition coefficient (Wildman–Crippen LogP) is 6.10. The molecule has 0 aromatic heterocycles. The zero-order chi connectivity index (χ0) is 25.9. The summed E-state index contributed by atoms with van der Waals surface area (Å²) in [5.74, 6) is -0.829. The third-order valence-corrected chi connectivity index (χ3v) is 6.34. The van der Waals surface area contributed by atoms with Crippen molar-refractivity contribution in [1.82, 2.24) is 0 Å². The number of aromatic hydroxyl groups is 1. The summed E-state index contributed by atoms with van der Waals surface area (Å²) < 4.78 is 40.9. The Morgan fingerprint density at radius 1 is 1.06 bits per heavy atom. The lowest BCUT2D eigenvalue weighted by atomic mass is 9.98. The average molecular weight is 497 g/mol. The maximum atomic E-state index is 13.6. The van der Waals surface area contributed by atoms with E-state index in [-0.39, 0.29) is 5.75 Å². The second kappa shape index (κ2) is 10.4. The zero-order valence-corrected chi connectivity index (χ0v) is 19.8. The Morgan fingerprint density at radius 2 is 1.81 bits per heavy atom. The van der Waals surface area contributed by atoms with Gasteiger partial charge in [-0.15, -0.1) is 0 Å². The molecule has 36 heavy (non-hydrogen) atoms. The lowest BCUT2D eigenvalue weighted by molar-refractivity contribution is -0.137. The Balaban J connectivity index is 1.66. The van der Waals surface area contributed by atoms with Crippen molar-refractivity contribution in [1.29, 1.82) is 0 Å². The van der Waals surface area contributed by atoms with E-state index in [1.807, 2.05) is 30.0 Å². The molecule has 0 saturated carbocycles. The monoisotopic (exact) mass is 496 g/mol. The number of fused-ring (bicyclic) bond motifs is 1. The van der Waals surface area contributed by atoms with Crippen LogP contribution >= 0.6 is 0 Å². The molecule has 0 radical (unpaired) electrons. The Morgan fingerprint density at radius 3 is 2.47 bits per heavy atom. The number of carboxylic acid groups (broad SMARTS) is 1. The van der Waals surface area contributed by atoms with Crippen molar-refractivity contribution in [2.75, 3.05) is 22.9 Å². The van der Waals surface area contributed by atoms with Gasteiger partial charge < -0.3 is 20.0 Å². The molecule has 0 bridgehead atoms. The highest BCUT2D eigenvalue weighted by Crippen LogP contribution is 2.39. The molecule has 0 aliphatic carbocycles. The molecule has 3 aromatic rings. The SMILES string of the molecule is CCN(Cc1ccc(/C=C/C(=O)O)cc1)c1cc(C(F)(F)F)ccc1N1CCc2cc(O)ccc2C1. The minimum atomic E-state index is -4.46. The number of benzene rings is 3. The molecule has 188 valence electrons. The van der Waals surface area contributed by atoms with E-state index in [1.165, 1.54) is 12.1 Å². The first-order valence-corrected chi connectivity index (χ1v) is 11.7. The van der Waals surface area contributed by atoms with Crippen LogP contribution in [0.2, 0.25) is 0 Å². The molecule has 8 heteroatoms. The minimum Gasteiger partial charge on any atom is -0.508 e. The smallest absolute Gasteiger partial charge is 0.416 e. The standard InChI is InChI=1S/C28H27F3N2O3/c1-2-32(17-20-5-3-19(4-6-20)7-12-27(35)36)26-16-23(28(29,30)31)9-11-25(26)33-14-13-21-15-24(34)10-8-22(21)18-33/h3-12,15-16,34H,2,13-14,17-18H2,1H3,(H,35,36)/b12-7+. The minimum absolute atomic E-state index is 0.207. The van der Waals surface area contributed by atoms with Gasteiger partial charge in [0.1, 0.15) is 5.75 Å². The van der Waals surface area contributed by atoms with Crippen LogP contribution in [0.15, 0.2) is 66.7 Å². The number of phenolic OH excluding ortho intramolecular Hbond substituents is 1. The third-order valence-electron chi connectivity index (χ3n) is 6.34. The molecule has 1 heterocycles. The van der Waals surface area contributed by atoms with Crippen LogP contribution in [0.4, 0.5) is 24.5 Å². The number of nitrogens with zero attached hydrogens (tertiary/aromatic N) is 2. The molecule has 4 rings (SSSR count). The first-order valence-electron chi connectivity index (χ1n) is 11.7. The highest BCUT2D eigenvalue weighted by Gasteiger charge is 2.32. The summed E-state index contributed by atoms with van der Waals surface area (Å²) in [6, 6.07) is 16.4. The van der Waals surface area contributed by atoms with Gasteiger partial charge in [0, 0.05) is 32.3 Å². The molecule has 0 saturated heterocycles. The van der Waals surface area contributed by atoms with E-state index in [0.29, 0.717) is 38.3 Å². The van der Waals surface area contributed by atoms with Crippen molar-refractivity contribution in [3.05, 3.63) is 94.6 Å². The summed E-state index contributed by atoms with van der Waals surface area (Å²) in [4.78, 5) is 14.7. The maximum Gasteiger partial charge on any atom is 0.416 e. The van der Waals surface area contributed by atoms with Crippen LogP contribution in [0.1, 0.15) is 34.7 Å². The van der Waals surface area contributed by atoms with Gasteiger partial charge in [-0.2, -0.15) is 13.2 Å². The van der Waals surface area contributed by atoms with Gasteiger partial charge in [0.2, 0.25) is 0 Å². The summed E-state index contributed by atoms with van der Waals surface area (Å²) in [5, 5.41) is 18.6. The van der Waals surface area contributed by atoms with Crippen molar-refractivity contribution in [3.8, 4) is 5.75 Å². The number of rotatable bonds is 7. The van der Waals surface area contributed by atoms with E-state index in [1.54, 1.807) is 30.3 Å². The van der Waals surface area contributed by atoms with E-state index in [2.05, 4.69) is 4.90 Å². The quantitative estimate of drug-likeness (QED) is 0.387. The Hall–Kier alpha value is -3.94. The second-order valence-electron chi connectivity index (χ2n) is 8.75. The molecule has 0 spiro atoms. The van der Waals surface area contributed by atoms with Crippen molar-refractivity contribution < 1.29 is 28.2 Å². The van der Waals surface area contributed by atoms with Gasteiger partial charge in [0.05, 0.1) is 16.9 Å². The normalized spacial score (nSPS) is 13.6. The number of hydrogen-bond acceptors (Lipinski definition) is 4. The van der Waals surface area contributed by atoms with E-state index in [4.69, 9.17) is 5.11 Å². The lowest BCUT2D eigenvalue weighted by Gasteiger charge is -2.35. The molecular formula is C28H27F3N2O3. The fraction of sp³-hybridized carbons (Fsp3) is 0.250. The van der Waals surface area contributed by atoms with Crippen molar-refractivity contribution in [2.45, 2.75) is 32.6 Å². The summed E-state index contributed by atoms with van der Waals surface area (Å²) in [7, 11) is 0. The number of carbonyl (C=O) groups is 1. The number of halogens is 3. The number of phenols is 1. The van der Waals surface area contributed by atoms with E-state index in [0.717, 1.165) is 40.1 Å². The largest absolute Gasteiger partial charge is 0.508 e. The summed E-state index contributed by atoms with van der Waals surface area (Å²) >= 11 is 0. The molecule has 0 unspecified atom stereocenters. The first kappa shape index (κ1) is 25.2. The average Bonchev–Trinajstić information content (AvgIpc) is 2.85. The molecular weight excluding hydrogens is 469 g/mol. The first-order chi connectivity index (χ1) is 17.1. The number of carboxylic acids is 1. The van der Waals surface area contributed by atoms with E-state index < -0.39 is 17.7 Å². The van der Waals surface area contributed by atoms with Gasteiger partial charge in [0.25, 0.3) is 0 Å². The Kier molecular flexibility index (Phi) is 7.24. The molecule has 0 atom stereocenters. The van der Waals surface area contributed by atoms with Crippen LogP contribution in [0.25, 0.3) is 6.08 Å². The molecule has 5 nitrogen and oxygen atoms in total. The van der Waals surface area contributed by atoms with Gasteiger partial charge in [0.15, 0.2) is 0 Å². The molecule has 1 aliphatic rings. The fourth-order valence-corrected chi connectivity index (χ4v) is 4.45. The van der Waals surface area contributed by atoms with E-state index >= 15 is 0 Å². The predicted molar refractivity (Wildman–Crippen MR) is 134 cm³/mol. The lowest BCUT2D eigenvalue weighted by Crippen LogP contribution is -2.33. The highest BCUT2D eigenvalue weighted by atomic mass is 19.4. The van der Waals surface area contributed by atoms with Crippen LogP contribution in [0.3, 0.4) is 0 Å². The Labute approximate surface area is 207 Å². The second-order valence-corrected chi connectivity index (χ2v) is 8.75. The van der Waals surface area contributed by atoms with Gasteiger partial charge in [-0.25, -0.2) is 4.79 Å². The van der Waals surface area contributed by atoms with Gasteiger partial charge in [-0.05, 0) is 72.0 Å². The van der Waals surface area contributed by atoms with Crippen LogP contribution in [0, 0.1) is 0 Å². The van der Waals surface area contributed by atoms with Crippen LogP contribution in [0.5, 0.6) is 5.75 Å². The van der Waals surface area contributed by atoms with Crippen LogP contribution in [-0.2, 0) is 30.5 Å². The van der Waals surface area contributed by atoms with Crippen molar-refractivity contribution in [3.63, 3.8) is 0 Å². The van der Waals surface area contributed by atoms with Gasteiger partial charge in [-0.3, -0.25) is 0 Å². The highest BCUT2D eigenvalue weighted by molar-refractivity contribution is 5.85. The molecule has 1 aliphatic heterocycles. The van der Waals surface area contributed by atoms with Crippen LogP contribution in [-0.4, -0.2) is 29.3 Å². The van der Waals surface area contributed by atoms with Crippen LogP contribution < -0.4 is 9.80 Å². The molecule has 2 N–H and O–H groups in total. The van der Waals surface area contributed by atoms with Crippen molar-refractivity contribution in [2.24, 2.45) is 0 Å². The van der Waals surface area contributed by atoms with Crippen molar-refractivity contribution >= 4 is 23.4 Å². The third kappa shape index (κ3) is 5.82. The number of alkyl halides is 3. The summed E-state index contributed by atoms with van der Waals surface area (Å²) in [5.41, 5.74) is 4.24.